The quantitative estimate of drug-likeness (QED) is 0.511. The molecule has 0 aliphatic carbocycles. The second kappa shape index (κ2) is 9.00. The number of carbonyl (C=O) groups excluding carboxylic acids is 1. The number of benzene rings is 1. The molecule has 11 heteroatoms. The summed E-state index contributed by atoms with van der Waals surface area (Å²) in [6.07, 6.45) is -4.44. The summed E-state index contributed by atoms with van der Waals surface area (Å²) in [5, 5.41) is 9.21. The monoisotopic (exact) mass is 466 g/mol. The molecule has 0 atom stereocenters. The molecule has 0 radical (unpaired) electrons. The van der Waals surface area contributed by atoms with E-state index in [-0.39, 0.29) is 16.5 Å². The van der Waals surface area contributed by atoms with E-state index < -0.39 is 48.1 Å². The maximum absolute atomic E-state index is 13.4. The Morgan fingerprint density at radius 2 is 1.88 bits per heavy atom. The van der Waals surface area contributed by atoms with Crippen molar-refractivity contribution in [3.8, 4) is 11.5 Å². The maximum atomic E-state index is 13.4. The molecular weight excluding hydrogens is 445 g/mol. The summed E-state index contributed by atoms with van der Waals surface area (Å²) in [5.74, 6) is -2.23. The molecule has 1 aromatic carbocycles. The number of hydrogen-bond acceptors (Lipinski definition) is 5. The average Bonchev–Trinajstić information content (AvgIpc) is 3.05. The second-order valence-electron chi connectivity index (χ2n) is 7.24. The number of alkyl halides is 3. The minimum absolute atomic E-state index is 0.0940. The zero-order valence-electron chi connectivity index (χ0n) is 18.0. The minimum Gasteiger partial charge on any atom is -0.497 e. The topological polar surface area (TPSA) is 99.8 Å². The van der Waals surface area contributed by atoms with Crippen molar-refractivity contribution >= 4 is 22.7 Å². The first-order valence-corrected chi connectivity index (χ1v) is 9.83. The summed E-state index contributed by atoms with van der Waals surface area (Å²) in [5.41, 5.74) is -0.637. The fraction of sp³-hybridized carbons (Fsp3) is 0.318. The number of nitrogens with zero attached hydrogens (tertiary/aromatic N) is 2. The van der Waals surface area contributed by atoms with Gasteiger partial charge in [0, 0.05) is 18.3 Å². The summed E-state index contributed by atoms with van der Waals surface area (Å²) in [6.45, 7) is -0.444. The highest BCUT2D eigenvalue weighted by atomic mass is 19.4. The van der Waals surface area contributed by atoms with E-state index >= 15 is 0 Å². The molecule has 0 amide bonds. The third kappa shape index (κ3) is 4.71. The van der Waals surface area contributed by atoms with E-state index in [4.69, 9.17) is 9.47 Å². The molecule has 2 heterocycles. The number of carboxylic acid groups (broad SMARTS) is 1. The number of rotatable bonds is 8. The largest absolute Gasteiger partial charge is 0.497 e. The number of carboxylic acids is 1. The van der Waals surface area contributed by atoms with Crippen LogP contribution in [0.4, 0.5) is 13.2 Å². The zero-order chi connectivity index (χ0) is 24.5. The van der Waals surface area contributed by atoms with Gasteiger partial charge in [0.25, 0.3) is 5.56 Å². The molecule has 1 N–H and O–H groups in total. The number of pyridine rings is 1. The number of carbonyl (C=O) groups is 2. The Labute approximate surface area is 185 Å². The number of ether oxygens (including phenoxy) is 2. The number of aromatic carboxylic acids is 1. The van der Waals surface area contributed by atoms with Crippen LogP contribution in [0.15, 0.2) is 35.1 Å². The van der Waals surface area contributed by atoms with Gasteiger partial charge in [0.2, 0.25) is 0 Å². The highest BCUT2D eigenvalue weighted by molar-refractivity contribution is 6.01. The molecule has 0 aliphatic rings. The van der Waals surface area contributed by atoms with Crippen LogP contribution in [-0.2, 0) is 20.0 Å². The first kappa shape index (κ1) is 23.9. The lowest BCUT2D eigenvalue weighted by Gasteiger charge is -2.13. The Morgan fingerprint density at radius 3 is 2.45 bits per heavy atom. The van der Waals surface area contributed by atoms with Crippen LogP contribution in [0.5, 0.6) is 11.5 Å². The molecule has 8 nitrogen and oxygen atoms in total. The van der Waals surface area contributed by atoms with Crippen LogP contribution < -0.4 is 15.0 Å². The lowest BCUT2D eigenvalue weighted by Crippen LogP contribution is -2.28. The predicted molar refractivity (Wildman–Crippen MR) is 112 cm³/mol. The van der Waals surface area contributed by atoms with Crippen molar-refractivity contribution in [3.05, 3.63) is 57.6 Å². The molecule has 2 aromatic heterocycles. The van der Waals surface area contributed by atoms with Crippen LogP contribution >= 0.6 is 0 Å². The average molecular weight is 466 g/mol. The molecule has 0 spiro atoms. The van der Waals surface area contributed by atoms with Crippen LogP contribution in [-0.4, -0.2) is 45.9 Å². The second-order valence-corrected chi connectivity index (χ2v) is 7.24. The molecular formula is C22H21F3N2O6. The van der Waals surface area contributed by atoms with Crippen LogP contribution in [0.25, 0.3) is 10.9 Å². The number of Topliss-reactive ketones (excluding diaryl/α,β-unsaturated/α-hetero) is 1. The summed E-state index contributed by atoms with van der Waals surface area (Å²) in [7, 11) is 2.76. The SMILES string of the molecule is CCc1cc2c(c(OCC(F)(F)F)c(C(=O)O)n2C)c(=O)n1CC(=O)c1cccc(OC)c1. The van der Waals surface area contributed by atoms with Gasteiger partial charge in [-0.3, -0.25) is 9.59 Å². The van der Waals surface area contributed by atoms with Crippen LogP contribution in [0, 0.1) is 0 Å². The zero-order valence-corrected chi connectivity index (χ0v) is 18.0. The molecule has 0 saturated heterocycles. The lowest BCUT2D eigenvalue weighted by molar-refractivity contribution is -0.153. The highest BCUT2D eigenvalue weighted by Gasteiger charge is 2.32. The number of aryl methyl sites for hydroxylation is 2. The normalized spacial score (nSPS) is 11.6. The fourth-order valence-electron chi connectivity index (χ4n) is 3.58. The molecule has 33 heavy (non-hydrogen) atoms. The van der Waals surface area contributed by atoms with E-state index in [0.29, 0.717) is 17.9 Å². The Kier molecular flexibility index (Phi) is 6.52. The van der Waals surface area contributed by atoms with Gasteiger partial charge in [0.1, 0.15) is 11.1 Å². The number of methoxy groups -OCH3 is 1. The highest BCUT2D eigenvalue weighted by Crippen LogP contribution is 2.32. The maximum Gasteiger partial charge on any atom is 0.422 e. The van der Waals surface area contributed by atoms with Gasteiger partial charge < -0.3 is 23.7 Å². The number of aromatic nitrogens is 2. The molecule has 3 rings (SSSR count). The van der Waals surface area contributed by atoms with Crippen molar-refractivity contribution in [2.75, 3.05) is 13.7 Å². The Bertz CT molecular complexity index is 1290. The van der Waals surface area contributed by atoms with Gasteiger partial charge in [-0.25, -0.2) is 4.79 Å². The van der Waals surface area contributed by atoms with Crippen molar-refractivity contribution in [2.45, 2.75) is 26.1 Å². The number of halogens is 3. The summed E-state index contributed by atoms with van der Waals surface area (Å²) >= 11 is 0. The molecule has 0 bridgehead atoms. The lowest BCUT2D eigenvalue weighted by atomic mass is 10.1. The third-order valence-corrected chi connectivity index (χ3v) is 5.14. The van der Waals surface area contributed by atoms with Crippen LogP contribution in [0.1, 0.15) is 33.5 Å². The van der Waals surface area contributed by atoms with E-state index in [1.165, 1.54) is 26.3 Å². The van der Waals surface area contributed by atoms with E-state index in [1.54, 1.807) is 25.1 Å². The molecule has 0 unspecified atom stereocenters. The minimum atomic E-state index is -4.75. The van der Waals surface area contributed by atoms with Crippen molar-refractivity contribution in [3.63, 3.8) is 0 Å². The van der Waals surface area contributed by atoms with Gasteiger partial charge in [0.15, 0.2) is 23.8 Å². The van der Waals surface area contributed by atoms with Gasteiger partial charge in [-0.1, -0.05) is 19.1 Å². The Balaban J connectivity index is 2.19. The predicted octanol–water partition coefficient (Wildman–Crippen LogP) is 3.43. The molecule has 0 aliphatic heterocycles. The van der Waals surface area contributed by atoms with Crippen LogP contribution in [0.2, 0.25) is 0 Å². The van der Waals surface area contributed by atoms with Gasteiger partial charge in [-0.05, 0) is 24.6 Å². The fourth-order valence-corrected chi connectivity index (χ4v) is 3.58. The van der Waals surface area contributed by atoms with E-state index in [1.807, 2.05) is 0 Å². The standard InChI is InChI=1S/C22H21F3N2O6/c1-4-13-9-15-17(19(33-11-22(23,24)25)18(21(30)31)26(15)2)20(29)27(13)10-16(28)12-6-5-7-14(8-12)32-3/h5-9H,4,10-11H2,1-3H3,(H,30,31). The summed E-state index contributed by atoms with van der Waals surface area (Å²) in [4.78, 5) is 38.0. The number of fused-ring (bicyclic) bond motifs is 1. The third-order valence-electron chi connectivity index (χ3n) is 5.14. The van der Waals surface area contributed by atoms with Gasteiger partial charge in [-0.15, -0.1) is 0 Å². The molecule has 0 fully saturated rings. The van der Waals surface area contributed by atoms with Crippen molar-refractivity contribution in [1.82, 2.24) is 9.13 Å². The molecule has 176 valence electrons. The number of ketones is 1. The van der Waals surface area contributed by atoms with Crippen LogP contribution in [0.3, 0.4) is 0 Å². The van der Waals surface area contributed by atoms with Gasteiger partial charge in [0.05, 0.1) is 19.2 Å². The van der Waals surface area contributed by atoms with E-state index in [2.05, 4.69) is 0 Å². The molecule has 0 saturated carbocycles. The van der Waals surface area contributed by atoms with Gasteiger partial charge in [-0.2, -0.15) is 13.2 Å². The summed E-state index contributed by atoms with van der Waals surface area (Å²) in [6, 6.07) is 7.78. The first-order valence-electron chi connectivity index (χ1n) is 9.83. The first-order chi connectivity index (χ1) is 15.5. The molecule has 3 aromatic rings. The van der Waals surface area contributed by atoms with E-state index in [0.717, 1.165) is 9.13 Å². The van der Waals surface area contributed by atoms with Crippen molar-refractivity contribution < 1.29 is 37.3 Å². The Hall–Kier alpha value is -3.76. The smallest absolute Gasteiger partial charge is 0.422 e. The van der Waals surface area contributed by atoms with Crippen molar-refractivity contribution in [2.24, 2.45) is 7.05 Å². The van der Waals surface area contributed by atoms with Gasteiger partial charge >= 0.3 is 12.1 Å². The van der Waals surface area contributed by atoms with E-state index in [9.17, 15) is 32.7 Å². The van der Waals surface area contributed by atoms with Crippen molar-refractivity contribution in [1.29, 1.82) is 0 Å². The number of hydrogen-bond donors (Lipinski definition) is 1. The Morgan fingerprint density at radius 1 is 1.18 bits per heavy atom. The summed E-state index contributed by atoms with van der Waals surface area (Å²) < 4.78 is 50.5.